The minimum atomic E-state index is -3.74. The molecule has 0 atom stereocenters. The lowest BCUT2D eigenvalue weighted by atomic mass is 10.1. The summed E-state index contributed by atoms with van der Waals surface area (Å²) < 4.78 is 27.7. The number of hydrogen-bond acceptors (Lipinski definition) is 4. The second-order valence-corrected chi connectivity index (χ2v) is 8.47. The molecule has 8 heteroatoms. The summed E-state index contributed by atoms with van der Waals surface area (Å²) in [7, 11) is -3.74. The van der Waals surface area contributed by atoms with Gasteiger partial charge in [0.2, 0.25) is 0 Å². The predicted octanol–water partition coefficient (Wildman–Crippen LogP) is 4.05. The highest BCUT2D eigenvalue weighted by atomic mass is 32.2. The summed E-state index contributed by atoms with van der Waals surface area (Å²) in [6.07, 6.45) is 0. The van der Waals surface area contributed by atoms with E-state index in [4.69, 9.17) is 5.11 Å². The van der Waals surface area contributed by atoms with E-state index in [9.17, 15) is 18.0 Å². The van der Waals surface area contributed by atoms with E-state index in [1.165, 1.54) is 48.5 Å². The zero-order chi connectivity index (χ0) is 21.9. The molecule has 30 heavy (non-hydrogen) atoms. The number of rotatable bonds is 6. The Kier molecular flexibility index (Phi) is 5.89. The molecule has 0 heterocycles. The van der Waals surface area contributed by atoms with Crippen LogP contribution in [0.15, 0.2) is 71.6 Å². The summed E-state index contributed by atoms with van der Waals surface area (Å²) in [5.74, 6) is -1.44. The second-order valence-electron chi connectivity index (χ2n) is 6.78. The molecule has 0 saturated carbocycles. The lowest BCUT2D eigenvalue weighted by Gasteiger charge is -2.12. The third kappa shape index (κ3) is 4.84. The zero-order valence-corrected chi connectivity index (χ0v) is 17.2. The first-order chi connectivity index (χ1) is 14.2. The Morgan fingerprint density at radius 3 is 2.00 bits per heavy atom. The molecule has 1 amide bonds. The van der Waals surface area contributed by atoms with Crippen molar-refractivity contribution in [2.45, 2.75) is 18.7 Å². The summed E-state index contributed by atoms with van der Waals surface area (Å²) in [6.45, 7) is 3.57. The van der Waals surface area contributed by atoms with Crippen molar-refractivity contribution in [3.05, 3.63) is 89.0 Å². The van der Waals surface area contributed by atoms with Crippen LogP contribution in [0.5, 0.6) is 0 Å². The van der Waals surface area contributed by atoms with Gasteiger partial charge in [-0.3, -0.25) is 9.52 Å². The van der Waals surface area contributed by atoms with E-state index in [-0.39, 0.29) is 10.5 Å². The first-order valence-electron chi connectivity index (χ1n) is 9.00. The number of hydrogen-bond donors (Lipinski definition) is 3. The molecule has 0 spiro atoms. The molecular formula is C22H20N2O5S. The van der Waals surface area contributed by atoms with Crippen LogP contribution in [0.3, 0.4) is 0 Å². The van der Waals surface area contributed by atoms with Gasteiger partial charge in [-0.1, -0.05) is 17.7 Å². The minimum absolute atomic E-state index is 0.119. The molecule has 0 aliphatic rings. The summed E-state index contributed by atoms with van der Waals surface area (Å²) >= 11 is 0. The van der Waals surface area contributed by atoms with Crippen molar-refractivity contribution in [3.63, 3.8) is 0 Å². The highest BCUT2D eigenvalue weighted by molar-refractivity contribution is 7.92. The Balaban J connectivity index is 1.75. The van der Waals surface area contributed by atoms with Crippen molar-refractivity contribution in [1.82, 2.24) is 0 Å². The number of carbonyl (C=O) groups excluding carboxylic acids is 1. The molecule has 0 radical (unpaired) electrons. The molecule has 3 N–H and O–H groups in total. The van der Waals surface area contributed by atoms with E-state index < -0.39 is 21.9 Å². The third-order valence-electron chi connectivity index (χ3n) is 4.45. The molecule has 0 aromatic heterocycles. The average Bonchev–Trinajstić information content (AvgIpc) is 2.70. The molecule has 154 valence electrons. The van der Waals surface area contributed by atoms with E-state index >= 15 is 0 Å². The topological polar surface area (TPSA) is 113 Å². The van der Waals surface area contributed by atoms with Gasteiger partial charge in [0.15, 0.2) is 0 Å². The Hall–Kier alpha value is -3.65. The van der Waals surface area contributed by atoms with E-state index in [0.717, 1.165) is 5.56 Å². The fourth-order valence-corrected chi connectivity index (χ4v) is 3.87. The monoisotopic (exact) mass is 424 g/mol. The van der Waals surface area contributed by atoms with Crippen molar-refractivity contribution in [1.29, 1.82) is 0 Å². The van der Waals surface area contributed by atoms with Crippen LogP contribution >= 0.6 is 0 Å². The van der Waals surface area contributed by atoms with Gasteiger partial charge in [0, 0.05) is 11.3 Å². The number of amides is 1. The maximum atomic E-state index is 12.6. The van der Waals surface area contributed by atoms with Gasteiger partial charge < -0.3 is 10.4 Å². The molecule has 3 rings (SSSR count). The number of anilines is 2. The van der Waals surface area contributed by atoms with Crippen LogP contribution in [0.25, 0.3) is 0 Å². The van der Waals surface area contributed by atoms with E-state index in [0.29, 0.717) is 22.5 Å². The van der Waals surface area contributed by atoms with Gasteiger partial charge in [-0.25, -0.2) is 13.2 Å². The summed E-state index contributed by atoms with van der Waals surface area (Å²) in [5, 5.41) is 11.6. The lowest BCUT2D eigenvalue weighted by molar-refractivity contribution is 0.0696. The highest BCUT2D eigenvalue weighted by Crippen LogP contribution is 2.22. The van der Waals surface area contributed by atoms with Crippen LogP contribution in [0.2, 0.25) is 0 Å². The molecule has 3 aromatic rings. The number of nitrogens with one attached hydrogen (secondary N) is 2. The number of carbonyl (C=O) groups is 2. The standard InChI is InChI=1S/C22H20N2O5S/c1-14-3-10-19(11-4-14)30(28,29)24-20-12-7-17(13-15(20)2)21(25)23-18-8-5-16(6-9-18)22(26)27/h3-13,24H,1-2H3,(H,23,25)(H,26,27). The molecule has 0 fully saturated rings. The van der Waals surface area contributed by atoms with Crippen molar-refractivity contribution in [3.8, 4) is 0 Å². The SMILES string of the molecule is Cc1ccc(S(=O)(=O)Nc2ccc(C(=O)Nc3ccc(C(=O)O)cc3)cc2C)cc1. The van der Waals surface area contributed by atoms with E-state index in [2.05, 4.69) is 10.0 Å². The number of carboxylic acids is 1. The van der Waals surface area contributed by atoms with Crippen LogP contribution < -0.4 is 10.0 Å². The number of carboxylic acid groups (broad SMARTS) is 1. The normalized spacial score (nSPS) is 11.0. The Morgan fingerprint density at radius 1 is 0.833 bits per heavy atom. The maximum absolute atomic E-state index is 12.6. The lowest BCUT2D eigenvalue weighted by Crippen LogP contribution is -2.15. The maximum Gasteiger partial charge on any atom is 0.335 e. The quantitative estimate of drug-likeness (QED) is 0.552. The van der Waals surface area contributed by atoms with Crippen molar-refractivity contribution in [2.24, 2.45) is 0 Å². The van der Waals surface area contributed by atoms with Crippen molar-refractivity contribution in [2.75, 3.05) is 10.0 Å². The Bertz CT molecular complexity index is 1200. The number of sulfonamides is 1. The van der Waals surface area contributed by atoms with E-state index in [1.807, 2.05) is 6.92 Å². The summed E-state index contributed by atoms with van der Waals surface area (Å²) in [6, 6.07) is 16.9. The highest BCUT2D eigenvalue weighted by Gasteiger charge is 2.16. The average molecular weight is 424 g/mol. The number of aryl methyl sites for hydroxylation is 2. The molecule has 0 bridgehead atoms. The predicted molar refractivity (Wildman–Crippen MR) is 115 cm³/mol. The van der Waals surface area contributed by atoms with Gasteiger partial charge in [0.05, 0.1) is 16.1 Å². The molecule has 7 nitrogen and oxygen atoms in total. The number of aromatic carboxylic acids is 1. The Labute approximate surface area is 174 Å². The van der Waals surface area contributed by atoms with Crippen LogP contribution in [0.4, 0.5) is 11.4 Å². The summed E-state index contributed by atoms with van der Waals surface area (Å²) in [4.78, 5) is 23.5. The largest absolute Gasteiger partial charge is 0.478 e. The van der Waals surface area contributed by atoms with E-state index in [1.54, 1.807) is 25.1 Å². The van der Waals surface area contributed by atoms with Crippen LogP contribution in [-0.2, 0) is 10.0 Å². The molecule has 0 aliphatic carbocycles. The van der Waals surface area contributed by atoms with Crippen molar-refractivity contribution < 1.29 is 23.1 Å². The fraction of sp³-hybridized carbons (Fsp3) is 0.0909. The second kappa shape index (κ2) is 8.38. The van der Waals surface area contributed by atoms with Gasteiger partial charge in [-0.2, -0.15) is 0 Å². The van der Waals surface area contributed by atoms with Gasteiger partial charge in [0.25, 0.3) is 15.9 Å². The van der Waals surface area contributed by atoms with Gasteiger partial charge in [0.1, 0.15) is 0 Å². The third-order valence-corrected chi connectivity index (χ3v) is 5.84. The fourth-order valence-electron chi connectivity index (χ4n) is 2.74. The zero-order valence-electron chi connectivity index (χ0n) is 16.3. The molecule has 0 unspecified atom stereocenters. The molecule has 0 saturated heterocycles. The summed E-state index contributed by atoms with van der Waals surface area (Å²) in [5.41, 5.74) is 2.82. The van der Waals surface area contributed by atoms with Crippen LogP contribution in [-0.4, -0.2) is 25.4 Å². The minimum Gasteiger partial charge on any atom is -0.478 e. The van der Waals surface area contributed by atoms with Gasteiger partial charge >= 0.3 is 5.97 Å². The van der Waals surface area contributed by atoms with Gasteiger partial charge in [-0.05, 0) is 74.0 Å². The number of benzene rings is 3. The molecule has 3 aromatic carbocycles. The molecular weight excluding hydrogens is 404 g/mol. The van der Waals surface area contributed by atoms with Crippen LogP contribution in [0.1, 0.15) is 31.8 Å². The molecule has 0 aliphatic heterocycles. The smallest absolute Gasteiger partial charge is 0.335 e. The van der Waals surface area contributed by atoms with Crippen LogP contribution in [0, 0.1) is 13.8 Å². The van der Waals surface area contributed by atoms with Gasteiger partial charge in [-0.15, -0.1) is 0 Å². The first kappa shape index (κ1) is 21.1. The Morgan fingerprint density at radius 2 is 1.43 bits per heavy atom. The van der Waals surface area contributed by atoms with Crippen molar-refractivity contribution >= 4 is 33.3 Å². The first-order valence-corrected chi connectivity index (χ1v) is 10.5.